The van der Waals surface area contributed by atoms with Gasteiger partial charge in [0.25, 0.3) is 0 Å². The van der Waals surface area contributed by atoms with E-state index in [9.17, 15) is 0 Å². The minimum absolute atomic E-state index is 0.439. The highest BCUT2D eigenvalue weighted by molar-refractivity contribution is 6.43. The first kappa shape index (κ1) is 13.7. The van der Waals surface area contributed by atoms with Gasteiger partial charge in [0.05, 0.1) is 43.2 Å². The molecule has 2 heterocycles. The average molecular weight is 314 g/mol. The summed E-state index contributed by atoms with van der Waals surface area (Å²) in [5.74, 6) is 1.11. The van der Waals surface area contributed by atoms with Gasteiger partial charge < -0.3 is 14.2 Å². The molecule has 1 aliphatic rings. The Labute approximate surface area is 126 Å². The molecule has 0 saturated carbocycles. The number of hydrogen-bond acceptors (Lipinski definition) is 4. The first-order valence-corrected chi connectivity index (χ1v) is 6.92. The summed E-state index contributed by atoms with van der Waals surface area (Å²) < 4.78 is 16.1. The Morgan fingerprint density at radius 3 is 2.60 bits per heavy atom. The van der Waals surface area contributed by atoms with E-state index in [1.807, 2.05) is 0 Å². The number of rotatable bonds is 2. The third kappa shape index (κ3) is 1.99. The zero-order valence-corrected chi connectivity index (χ0v) is 12.6. The molecule has 0 aliphatic carbocycles. The summed E-state index contributed by atoms with van der Waals surface area (Å²) in [5.41, 5.74) is 2.49. The van der Waals surface area contributed by atoms with Crippen molar-refractivity contribution >= 4 is 34.1 Å². The number of methoxy groups -OCH3 is 2. The van der Waals surface area contributed by atoms with Gasteiger partial charge in [-0.2, -0.15) is 0 Å². The standard InChI is InChI=1S/C14H13Cl2NO3/c1-18-9-5-10(19-2)14-11(13(9)16)12(15)7-6-20-4-3-8(7)17-14/h5H,3-4,6H2,1-2H3. The summed E-state index contributed by atoms with van der Waals surface area (Å²) in [7, 11) is 3.13. The lowest BCUT2D eigenvalue weighted by atomic mass is 10.1. The van der Waals surface area contributed by atoms with Gasteiger partial charge in [-0.05, 0) is 0 Å². The van der Waals surface area contributed by atoms with Gasteiger partial charge in [0.2, 0.25) is 0 Å². The van der Waals surface area contributed by atoms with Gasteiger partial charge in [-0.15, -0.1) is 0 Å². The molecule has 6 heteroatoms. The monoisotopic (exact) mass is 313 g/mol. The van der Waals surface area contributed by atoms with E-state index in [-0.39, 0.29) is 0 Å². The van der Waals surface area contributed by atoms with Crippen molar-refractivity contribution in [3.05, 3.63) is 27.4 Å². The van der Waals surface area contributed by atoms with Crippen molar-refractivity contribution in [3.63, 3.8) is 0 Å². The Hall–Kier alpha value is -1.23. The Morgan fingerprint density at radius 1 is 1.15 bits per heavy atom. The number of halogens is 2. The van der Waals surface area contributed by atoms with Crippen molar-refractivity contribution in [2.45, 2.75) is 13.0 Å². The molecule has 4 nitrogen and oxygen atoms in total. The maximum Gasteiger partial charge on any atom is 0.148 e. The second-order valence-corrected chi connectivity index (χ2v) is 5.23. The number of ether oxygens (including phenoxy) is 3. The molecule has 0 amide bonds. The van der Waals surface area contributed by atoms with Crippen molar-refractivity contribution in [1.29, 1.82) is 0 Å². The number of hydrogen-bond donors (Lipinski definition) is 0. The van der Waals surface area contributed by atoms with E-state index in [4.69, 9.17) is 37.4 Å². The molecule has 0 atom stereocenters. The molecule has 2 aromatic rings. The smallest absolute Gasteiger partial charge is 0.148 e. The lowest BCUT2D eigenvalue weighted by Crippen LogP contribution is -2.13. The Balaban J connectivity index is 2.42. The lowest BCUT2D eigenvalue weighted by molar-refractivity contribution is 0.109. The van der Waals surface area contributed by atoms with Crippen LogP contribution in [0.2, 0.25) is 10.0 Å². The first-order valence-electron chi connectivity index (χ1n) is 6.16. The van der Waals surface area contributed by atoms with Gasteiger partial charge in [0.15, 0.2) is 0 Å². The third-order valence-electron chi connectivity index (χ3n) is 3.42. The fourth-order valence-electron chi connectivity index (χ4n) is 2.39. The maximum atomic E-state index is 6.51. The zero-order valence-electron chi connectivity index (χ0n) is 11.1. The molecule has 0 saturated heterocycles. The van der Waals surface area contributed by atoms with Crippen molar-refractivity contribution in [2.75, 3.05) is 20.8 Å². The molecule has 0 bridgehead atoms. The molecular weight excluding hydrogens is 301 g/mol. The molecule has 0 spiro atoms. The van der Waals surface area contributed by atoms with Crippen LogP contribution in [0, 0.1) is 0 Å². The van der Waals surface area contributed by atoms with Crippen LogP contribution in [0.1, 0.15) is 11.3 Å². The van der Waals surface area contributed by atoms with Crippen LogP contribution in [-0.2, 0) is 17.8 Å². The van der Waals surface area contributed by atoms with Crippen LogP contribution in [0.5, 0.6) is 11.5 Å². The number of benzene rings is 1. The van der Waals surface area contributed by atoms with Crippen molar-refractivity contribution in [2.24, 2.45) is 0 Å². The summed E-state index contributed by atoms with van der Waals surface area (Å²) in [4.78, 5) is 4.65. The molecule has 0 radical (unpaired) electrons. The Bertz CT molecular complexity index is 688. The van der Waals surface area contributed by atoms with E-state index in [2.05, 4.69) is 4.98 Å². The number of fused-ring (bicyclic) bond motifs is 2. The van der Waals surface area contributed by atoms with Gasteiger partial charge in [-0.25, -0.2) is 4.98 Å². The van der Waals surface area contributed by atoms with Crippen molar-refractivity contribution in [3.8, 4) is 11.5 Å². The van der Waals surface area contributed by atoms with Crippen LogP contribution < -0.4 is 9.47 Å². The van der Waals surface area contributed by atoms with E-state index in [0.717, 1.165) is 17.7 Å². The lowest BCUT2D eigenvalue weighted by Gasteiger charge is -2.20. The molecule has 0 N–H and O–H groups in total. The third-order valence-corrected chi connectivity index (χ3v) is 4.21. The van der Waals surface area contributed by atoms with Gasteiger partial charge in [-0.1, -0.05) is 23.2 Å². The minimum Gasteiger partial charge on any atom is -0.495 e. The van der Waals surface area contributed by atoms with E-state index >= 15 is 0 Å². The van der Waals surface area contributed by atoms with Gasteiger partial charge >= 0.3 is 0 Å². The SMILES string of the molecule is COc1cc(OC)c2nc3c(c(Cl)c2c1Cl)COCC3. The van der Waals surface area contributed by atoms with E-state index < -0.39 is 0 Å². The molecular formula is C14H13Cl2NO3. The number of nitrogens with zero attached hydrogens (tertiary/aromatic N) is 1. The van der Waals surface area contributed by atoms with Crippen LogP contribution in [0.25, 0.3) is 10.9 Å². The van der Waals surface area contributed by atoms with Crippen molar-refractivity contribution < 1.29 is 14.2 Å². The average Bonchev–Trinajstić information content (AvgIpc) is 2.48. The molecule has 0 unspecified atom stereocenters. The molecule has 1 aromatic carbocycles. The molecule has 3 rings (SSSR count). The second-order valence-electron chi connectivity index (χ2n) is 4.47. The fourth-order valence-corrected chi connectivity index (χ4v) is 3.10. The predicted molar refractivity (Wildman–Crippen MR) is 78.2 cm³/mol. The highest BCUT2D eigenvalue weighted by Crippen LogP contribution is 2.43. The normalized spacial score (nSPS) is 14.2. The predicted octanol–water partition coefficient (Wildman–Crippen LogP) is 3.63. The largest absolute Gasteiger partial charge is 0.495 e. The second kappa shape index (κ2) is 5.28. The Kier molecular flexibility index (Phi) is 3.63. The van der Waals surface area contributed by atoms with E-state index in [1.54, 1.807) is 20.3 Å². The first-order chi connectivity index (χ1) is 9.67. The molecule has 20 heavy (non-hydrogen) atoms. The topological polar surface area (TPSA) is 40.6 Å². The summed E-state index contributed by atoms with van der Waals surface area (Å²) >= 11 is 12.9. The zero-order chi connectivity index (χ0) is 14.3. The van der Waals surface area contributed by atoms with Crippen LogP contribution in [-0.4, -0.2) is 25.8 Å². The highest BCUT2D eigenvalue weighted by atomic mass is 35.5. The number of pyridine rings is 1. The summed E-state index contributed by atoms with van der Waals surface area (Å²) in [6.45, 7) is 1.10. The summed E-state index contributed by atoms with van der Waals surface area (Å²) in [5, 5.41) is 1.65. The van der Waals surface area contributed by atoms with Crippen molar-refractivity contribution in [1.82, 2.24) is 4.98 Å². The summed E-state index contributed by atoms with van der Waals surface area (Å²) in [6.07, 6.45) is 0.734. The molecule has 0 fully saturated rings. The van der Waals surface area contributed by atoms with Gasteiger partial charge in [0, 0.05) is 23.4 Å². The van der Waals surface area contributed by atoms with Crippen LogP contribution in [0.4, 0.5) is 0 Å². The van der Waals surface area contributed by atoms with Crippen LogP contribution in [0.3, 0.4) is 0 Å². The van der Waals surface area contributed by atoms with E-state index in [0.29, 0.717) is 45.7 Å². The molecule has 106 valence electrons. The van der Waals surface area contributed by atoms with Crippen LogP contribution >= 0.6 is 23.2 Å². The quantitative estimate of drug-likeness (QED) is 0.849. The summed E-state index contributed by atoms with van der Waals surface area (Å²) in [6, 6.07) is 1.72. The number of aromatic nitrogens is 1. The molecule has 1 aromatic heterocycles. The molecule has 1 aliphatic heterocycles. The highest BCUT2D eigenvalue weighted by Gasteiger charge is 2.23. The van der Waals surface area contributed by atoms with E-state index in [1.165, 1.54) is 0 Å². The Morgan fingerprint density at radius 2 is 1.90 bits per heavy atom. The fraction of sp³-hybridized carbons (Fsp3) is 0.357. The minimum atomic E-state index is 0.439. The van der Waals surface area contributed by atoms with Gasteiger partial charge in [-0.3, -0.25) is 0 Å². The van der Waals surface area contributed by atoms with Gasteiger partial charge in [0.1, 0.15) is 17.0 Å². The van der Waals surface area contributed by atoms with Crippen LogP contribution in [0.15, 0.2) is 6.07 Å². The maximum absolute atomic E-state index is 6.51.